The van der Waals surface area contributed by atoms with E-state index in [-0.39, 0.29) is 17.3 Å². The van der Waals surface area contributed by atoms with Gasteiger partial charge in [0.1, 0.15) is 0 Å². The number of aromatic nitrogens is 2. The average molecular weight is 271 g/mol. The molecule has 1 N–H and O–H groups in total. The summed E-state index contributed by atoms with van der Waals surface area (Å²) in [6, 6.07) is 0. The quantitative estimate of drug-likeness (QED) is 0.854. The average Bonchev–Trinajstić information content (AvgIpc) is 2.33. The molecule has 0 saturated heterocycles. The van der Waals surface area contributed by atoms with Gasteiger partial charge in [-0.1, -0.05) is 0 Å². The largest absolute Gasteiger partial charge is 0.487 e. The van der Waals surface area contributed by atoms with Crippen LogP contribution in [0.2, 0.25) is 5.28 Å². The number of halogens is 1. The second-order valence-electron chi connectivity index (χ2n) is 4.53. The number of rotatable bonds is 3. The van der Waals surface area contributed by atoms with Crippen LogP contribution in [0.4, 0.5) is 0 Å². The van der Waals surface area contributed by atoms with Crippen molar-refractivity contribution in [2.75, 3.05) is 0 Å². The minimum atomic E-state index is -0.743. The van der Waals surface area contributed by atoms with E-state index in [2.05, 4.69) is 9.97 Å². The Labute approximate surface area is 110 Å². The third-order valence-electron chi connectivity index (χ3n) is 3.17. The van der Waals surface area contributed by atoms with Crippen molar-refractivity contribution < 1.29 is 14.6 Å². The van der Waals surface area contributed by atoms with E-state index in [0.29, 0.717) is 17.9 Å². The molecule has 1 unspecified atom stereocenters. The number of carboxylic acids is 1. The zero-order valence-electron chi connectivity index (χ0n) is 10.1. The molecular formula is C12H15ClN2O3. The molecule has 1 aromatic rings. The highest BCUT2D eigenvalue weighted by molar-refractivity contribution is 6.28. The van der Waals surface area contributed by atoms with Crippen LogP contribution < -0.4 is 4.74 Å². The van der Waals surface area contributed by atoms with E-state index in [4.69, 9.17) is 21.4 Å². The summed E-state index contributed by atoms with van der Waals surface area (Å²) in [6.45, 7) is 1.79. The van der Waals surface area contributed by atoms with E-state index in [1.54, 1.807) is 6.92 Å². The fourth-order valence-corrected chi connectivity index (χ4v) is 2.37. The van der Waals surface area contributed by atoms with Crippen LogP contribution in [0.25, 0.3) is 0 Å². The van der Waals surface area contributed by atoms with Crippen molar-refractivity contribution >= 4 is 17.6 Å². The molecule has 1 aliphatic rings. The van der Waals surface area contributed by atoms with E-state index in [9.17, 15) is 4.79 Å². The number of hydrogen-bond acceptors (Lipinski definition) is 4. The van der Waals surface area contributed by atoms with Gasteiger partial charge in [-0.25, -0.2) is 9.97 Å². The number of aliphatic carboxylic acids is 1. The van der Waals surface area contributed by atoms with Crippen LogP contribution >= 0.6 is 11.6 Å². The SMILES string of the molecule is Cc1nc(Cl)ncc1OC1CCC[C@H](C(=O)O)C1. The van der Waals surface area contributed by atoms with E-state index in [0.717, 1.165) is 19.3 Å². The van der Waals surface area contributed by atoms with Crippen LogP contribution in [0.1, 0.15) is 31.4 Å². The van der Waals surface area contributed by atoms with Crippen molar-refractivity contribution in [1.82, 2.24) is 9.97 Å². The summed E-state index contributed by atoms with van der Waals surface area (Å²) in [4.78, 5) is 18.8. The predicted molar refractivity (Wildman–Crippen MR) is 65.8 cm³/mol. The van der Waals surface area contributed by atoms with Crippen molar-refractivity contribution in [2.45, 2.75) is 38.7 Å². The summed E-state index contributed by atoms with van der Waals surface area (Å²) >= 11 is 5.67. The molecule has 2 rings (SSSR count). The summed E-state index contributed by atoms with van der Waals surface area (Å²) in [7, 11) is 0. The molecule has 0 aromatic carbocycles. The van der Waals surface area contributed by atoms with Gasteiger partial charge in [-0.15, -0.1) is 0 Å². The van der Waals surface area contributed by atoms with Crippen LogP contribution in [0, 0.1) is 12.8 Å². The molecular weight excluding hydrogens is 256 g/mol. The van der Waals surface area contributed by atoms with Crippen molar-refractivity contribution in [2.24, 2.45) is 5.92 Å². The lowest BCUT2D eigenvalue weighted by Gasteiger charge is -2.27. The Hall–Kier alpha value is -1.36. The van der Waals surface area contributed by atoms with Gasteiger partial charge in [0.05, 0.1) is 23.9 Å². The van der Waals surface area contributed by atoms with E-state index in [1.165, 1.54) is 6.20 Å². The molecule has 1 heterocycles. The fourth-order valence-electron chi connectivity index (χ4n) is 2.20. The molecule has 1 saturated carbocycles. The summed E-state index contributed by atoms with van der Waals surface area (Å²) in [5.41, 5.74) is 0.674. The van der Waals surface area contributed by atoms with Crippen LogP contribution in [0.3, 0.4) is 0 Å². The number of carboxylic acid groups (broad SMARTS) is 1. The first-order valence-corrected chi connectivity index (χ1v) is 6.32. The first kappa shape index (κ1) is 13.1. The molecule has 0 bridgehead atoms. The molecule has 5 nitrogen and oxygen atoms in total. The summed E-state index contributed by atoms with van der Waals surface area (Å²) in [6.07, 6.45) is 4.46. The third-order valence-corrected chi connectivity index (χ3v) is 3.36. The Morgan fingerprint density at radius 2 is 2.33 bits per heavy atom. The Balaban J connectivity index is 2.02. The van der Waals surface area contributed by atoms with E-state index < -0.39 is 5.97 Å². The predicted octanol–water partition coefficient (Wildman–Crippen LogP) is 2.46. The first-order valence-electron chi connectivity index (χ1n) is 5.95. The number of carbonyl (C=O) groups is 1. The smallest absolute Gasteiger partial charge is 0.306 e. The molecule has 0 radical (unpaired) electrons. The molecule has 18 heavy (non-hydrogen) atoms. The number of nitrogens with zero attached hydrogens (tertiary/aromatic N) is 2. The highest BCUT2D eigenvalue weighted by Gasteiger charge is 2.28. The van der Waals surface area contributed by atoms with Crippen LogP contribution in [0.5, 0.6) is 5.75 Å². The van der Waals surface area contributed by atoms with Crippen molar-refractivity contribution in [3.05, 3.63) is 17.2 Å². The maximum absolute atomic E-state index is 11.0. The zero-order chi connectivity index (χ0) is 13.1. The van der Waals surface area contributed by atoms with Gasteiger partial charge in [0, 0.05) is 0 Å². The molecule has 0 amide bonds. The lowest BCUT2D eigenvalue weighted by atomic mass is 9.87. The van der Waals surface area contributed by atoms with Gasteiger partial charge >= 0.3 is 5.97 Å². The molecule has 1 aromatic heterocycles. The fraction of sp³-hybridized carbons (Fsp3) is 0.583. The maximum Gasteiger partial charge on any atom is 0.306 e. The summed E-state index contributed by atoms with van der Waals surface area (Å²) in [5.74, 6) is -0.472. The third kappa shape index (κ3) is 3.10. The lowest BCUT2D eigenvalue weighted by Crippen LogP contribution is -2.29. The highest BCUT2D eigenvalue weighted by Crippen LogP contribution is 2.28. The number of ether oxygens (including phenoxy) is 1. The van der Waals surface area contributed by atoms with Gasteiger partial charge in [0.15, 0.2) is 5.75 Å². The monoisotopic (exact) mass is 270 g/mol. The number of hydrogen-bond donors (Lipinski definition) is 1. The van der Waals surface area contributed by atoms with Crippen molar-refractivity contribution in [3.63, 3.8) is 0 Å². The van der Waals surface area contributed by atoms with Crippen LogP contribution in [0.15, 0.2) is 6.20 Å². The lowest BCUT2D eigenvalue weighted by molar-refractivity contribution is -0.143. The van der Waals surface area contributed by atoms with E-state index >= 15 is 0 Å². The molecule has 1 fully saturated rings. The zero-order valence-corrected chi connectivity index (χ0v) is 10.9. The maximum atomic E-state index is 11.0. The highest BCUT2D eigenvalue weighted by atomic mass is 35.5. The Bertz CT molecular complexity index is 453. The summed E-state index contributed by atoms with van der Waals surface area (Å²) < 4.78 is 5.77. The first-order chi connectivity index (χ1) is 8.56. The van der Waals surface area contributed by atoms with E-state index in [1.807, 2.05) is 0 Å². The second kappa shape index (κ2) is 5.52. The molecule has 6 heteroatoms. The van der Waals surface area contributed by atoms with Gasteiger partial charge in [-0.05, 0) is 44.2 Å². The molecule has 0 spiro atoms. The van der Waals surface area contributed by atoms with Crippen LogP contribution in [-0.2, 0) is 4.79 Å². The van der Waals surface area contributed by atoms with Crippen LogP contribution in [-0.4, -0.2) is 27.1 Å². The Morgan fingerprint density at radius 3 is 3.00 bits per heavy atom. The van der Waals surface area contributed by atoms with Crippen molar-refractivity contribution in [3.8, 4) is 5.75 Å². The van der Waals surface area contributed by atoms with Gasteiger partial charge in [0.2, 0.25) is 5.28 Å². The van der Waals surface area contributed by atoms with Gasteiger partial charge in [-0.2, -0.15) is 0 Å². The summed E-state index contributed by atoms with van der Waals surface area (Å²) in [5, 5.41) is 9.20. The normalized spacial score (nSPS) is 23.7. The minimum Gasteiger partial charge on any atom is -0.487 e. The Kier molecular flexibility index (Phi) is 4.01. The van der Waals surface area contributed by atoms with Gasteiger partial charge in [-0.3, -0.25) is 4.79 Å². The number of aryl methyl sites for hydroxylation is 1. The molecule has 1 aliphatic carbocycles. The topological polar surface area (TPSA) is 72.3 Å². The van der Waals surface area contributed by atoms with Crippen molar-refractivity contribution in [1.29, 1.82) is 0 Å². The molecule has 2 atom stereocenters. The molecule has 98 valence electrons. The Morgan fingerprint density at radius 1 is 1.56 bits per heavy atom. The van der Waals surface area contributed by atoms with Gasteiger partial charge < -0.3 is 9.84 Å². The second-order valence-corrected chi connectivity index (χ2v) is 4.87. The minimum absolute atomic E-state index is 0.0803. The van der Waals surface area contributed by atoms with Gasteiger partial charge in [0.25, 0.3) is 0 Å². The standard InChI is InChI=1S/C12H15ClN2O3/c1-7-10(6-14-12(13)15-7)18-9-4-2-3-8(5-9)11(16)17/h6,8-9H,2-5H2,1H3,(H,16,17)/t8-,9?/m0/s1. The molecule has 0 aliphatic heterocycles.